The van der Waals surface area contributed by atoms with E-state index in [4.69, 9.17) is 4.74 Å². The van der Waals surface area contributed by atoms with Crippen molar-refractivity contribution in [2.45, 2.75) is 20.8 Å². The van der Waals surface area contributed by atoms with Crippen LogP contribution in [0.4, 0.5) is 0 Å². The van der Waals surface area contributed by atoms with Crippen molar-refractivity contribution in [2.75, 3.05) is 6.61 Å². The van der Waals surface area contributed by atoms with Crippen LogP contribution in [0.1, 0.15) is 40.4 Å². The minimum Gasteiger partial charge on any atom is -0.462 e. The molecule has 0 N–H and O–H groups in total. The number of hydrogen-bond donors (Lipinski definition) is 0. The molecule has 1 aromatic heterocycles. The van der Waals surface area contributed by atoms with Gasteiger partial charge in [0, 0.05) is 6.92 Å². The largest absolute Gasteiger partial charge is 0.462 e. The van der Waals surface area contributed by atoms with Gasteiger partial charge in [-0.25, -0.2) is 9.48 Å². The Morgan fingerprint density at radius 1 is 1.25 bits per heavy atom. The van der Waals surface area contributed by atoms with Crippen LogP contribution in [0.25, 0.3) is 5.69 Å². The van der Waals surface area contributed by atoms with Gasteiger partial charge in [-0.15, -0.1) is 5.10 Å². The molecule has 6 heteroatoms. The van der Waals surface area contributed by atoms with Crippen molar-refractivity contribution in [1.82, 2.24) is 15.0 Å². The normalized spacial score (nSPS) is 10.3. The molecule has 0 fully saturated rings. The Hall–Kier alpha value is -2.50. The molecular weight excluding hydrogens is 258 g/mol. The zero-order valence-corrected chi connectivity index (χ0v) is 11.6. The van der Waals surface area contributed by atoms with Gasteiger partial charge in [0.1, 0.15) is 0 Å². The highest BCUT2D eigenvalue weighted by molar-refractivity contribution is 5.93. The summed E-state index contributed by atoms with van der Waals surface area (Å²) in [7, 11) is 0. The Morgan fingerprint density at radius 2 is 1.90 bits per heavy atom. The maximum absolute atomic E-state index is 11.6. The number of carbonyl (C=O) groups is 2. The quantitative estimate of drug-likeness (QED) is 0.628. The van der Waals surface area contributed by atoms with E-state index >= 15 is 0 Å². The summed E-state index contributed by atoms with van der Waals surface area (Å²) in [6, 6.07) is 6.78. The van der Waals surface area contributed by atoms with Gasteiger partial charge in [0.25, 0.3) is 0 Å². The summed E-state index contributed by atoms with van der Waals surface area (Å²) in [6.45, 7) is 5.32. The van der Waals surface area contributed by atoms with Crippen LogP contribution < -0.4 is 0 Å². The first-order valence-corrected chi connectivity index (χ1v) is 6.25. The van der Waals surface area contributed by atoms with E-state index in [-0.39, 0.29) is 11.8 Å². The third kappa shape index (κ3) is 2.59. The number of aromatic nitrogens is 3. The number of ketones is 1. The third-order valence-electron chi connectivity index (χ3n) is 2.85. The molecule has 0 aliphatic rings. The summed E-state index contributed by atoms with van der Waals surface area (Å²) in [5.41, 5.74) is 2.22. The first-order chi connectivity index (χ1) is 9.54. The predicted octanol–water partition coefficient (Wildman–Crippen LogP) is 1.96. The Morgan fingerprint density at radius 3 is 2.40 bits per heavy atom. The van der Waals surface area contributed by atoms with Gasteiger partial charge in [0.2, 0.25) is 0 Å². The summed E-state index contributed by atoms with van der Waals surface area (Å²) in [4.78, 5) is 22.9. The molecule has 1 heterocycles. The number of carbonyl (C=O) groups excluding carboxylic acids is 2. The number of ether oxygens (including phenoxy) is 1. The van der Waals surface area contributed by atoms with Gasteiger partial charge in [-0.05, 0) is 38.1 Å². The third-order valence-corrected chi connectivity index (χ3v) is 2.85. The monoisotopic (exact) mass is 273 g/mol. The van der Waals surface area contributed by atoms with E-state index in [1.54, 1.807) is 42.8 Å². The lowest BCUT2D eigenvalue weighted by Crippen LogP contribution is -2.05. The summed E-state index contributed by atoms with van der Waals surface area (Å²) in [5.74, 6) is -0.490. The standard InChI is InChI=1S/C14H15N3O3/c1-4-20-14(19)11-5-7-12(8-6-11)17-9(2)13(10(3)18)15-16-17/h5-8H,4H2,1-3H3. The Kier molecular flexibility index (Phi) is 3.93. The van der Waals surface area contributed by atoms with Gasteiger partial charge in [-0.1, -0.05) is 5.21 Å². The molecule has 0 spiro atoms. The van der Waals surface area contributed by atoms with Gasteiger partial charge in [-0.3, -0.25) is 4.79 Å². The summed E-state index contributed by atoms with van der Waals surface area (Å²) < 4.78 is 6.48. The zero-order chi connectivity index (χ0) is 14.7. The van der Waals surface area contributed by atoms with E-state index in [0.29, 0.717) is 23.6 Å². The lowest BCUT2D eigenvalue weighted by Gasteiger charge is -2.05. The van der Waals surface area contributed by atoms with Gasteiger partial charge >= 0.3 is 5.97 Å². The smallest absolute Gasteiger partial charge is 0.338 e. The first kappa shape index (κ1) is 13.9. The number of nitrogens with zero attached hydrogens (tertiary/aromatic N) is 3. The second-order valence-corrected chi connectivity index (χ2v) is 4.26. The molecule has 0 unspecified atom stereocenters. The lowest BCUT2D eigenvalue weighted by molar-refractivity contribution is 0.0526. The molecule has 0 saturated heterocycles. The molecule has 0 saturated carbocycles. The highest BCUT2D eigenvalue weighted by Crippen LogP contribution is 2.14. The zero-order valence-electron chi connectivity index (χ0n) is 11.6. The van der Waals surface area contributed by atoms with Crippen LogP contribution >= 0.6 is 0 Å². The van der Waals surface area contributed by atoms with Crippen LogP contribution in [0.5, 0.6) is 0 Å². The number of esters is 1. The molecule has 0 amide bonds. The molecule has 0 aliphatic carbocycles. The number of hydrogen-bond acceptors (Lipinski definition) is 5. The number of Topliss-reactive ketones (excluding diaryl/α,β-unsaturated/α-hetero) is 1. The fraction of sp³-hybridized carbons (Fsp3) is 0.286. The Bertz CT molecular complexity index is 644. The fourth-order valence-electron chi connectivity index (χ4n) is 1.85. The van der Waals surface area contributed by atoms with Gasteiger partial charge in [0.15, 0.2) is 11.5 Å². The number of rotatable bonds is 4. The molecule has 0 radical (unpaired) electrons. The van der Waals surface area contributed by atoms with E-state index < -0.39 is 0 Å². The SMILES string of the molecule is CCOC(=O)c1ccc(-n2nnc(C(C)=O)c2C)cc1. The first-order valence-electron chi connectivity index (χ1n) is 6.25. The van der Waals surface area contributed by atoms with Crippen molar-refractivity contribution in [3.05, 3.63) is 41.2 Å². The maximum atomic E-state index is 11.6. The molecule has 104 valence electrons. The topological polar surface area (TPSA) is 74.1 Å². The molecule has 2 aromatic rings. The molecule has 1 aromatic carbocycles. The fourth-order valence-corrected chi connectivity index (χ4v) is 1.85. The van der Waals surface area contributed by atoms with Crippen molar-refractivity contribution in [3.8, 4) is 5.69 Å². The molecule has 2 rings (SSSR count). The van der Waals surface area contributed by atoms with Gasteiger partial charge in [0.05, 0.1) is 23.6 Å². The van der Waals surface area contributed by atoms with E-state index in [1.165, 1.54) is 6.92 Å². The average Bonchev–Trinajstić information content (AvgIpc) is 2.81. The molecule has 0 atom stereocenters. The summed E-state index contributed by atoms with van der Waals surface area (Å²) >= 11 is 0. The second kappa shape index (κ2) is 5.64. The van der Waals surface area contributed by atoms with Crippen molar-refractivity contribution >= 4 is 11.8 Å². The molecular formula is C14H15N3O3. The van der Waals surface area contributed by atoms with Crippen molar-refractivity contribution < 1.29 is 14.3 Å². The van der Waals surface area contributed by atoms with Crippen molar-refractivity contribution in [2.24, 2.45) is 0 Å². The molecule has 20 heavy (non-hydrogen) atoms. The highest BCUT2D eigenvalue weighted by atomic mass is 16.5. The van der Waals surface area contributed by atoms with Gasteiger partial charge < -0.3 is 4.74 Å². The van der Waals surface area contributed by atoms with Crippen molar-refractivity contribution in [3.63, 3.8) is 0 Å². The van der Waals surface area contributed by atoms with Crippen LogP contribution in [0.2, 0.25) is 0 Å². The molecule has 6 nitrogen and oxygen atoms in total. The summed E-state index contributed by atoms with van der Waals surface area (Å²) in [5, 5.41) is 7.80. The van der Waals surface area contributed by atoms with E-state index in [2.05, 4.69) is 10.3 Å². The van der Waals surface area contributed by atoms with Crippen molar-refractivity contribution in [1.29, 1.82) is 0 Å². The van der Waals surface area contributed by atoms with Crippen LogP contribution in [0.3, 0.4) is 0 Å². The molecule has 0 bridgehead atoms. The number of benzene rings is 1. The van der Waals surface area contributed by atoms with E-state index in [0.717, 1.165) is 5.69 Å². The van der Waals surface area contributed by atoms with Crippen LogP contribution in [-0.2, 0) is 4.74 Å². The van der Waals surface area contributed by atoms with Crippen LogP contribution in [0, 0.1) is 6.92 Å². The van der Waals surface area contributed by atoms with E-state index in [9.17, 15) is 9.59 Å². The molecule has 0 aliphatic heterocycles. The Balaban J connectivity index is 2.31. The highest BCUT2D eigenvalue weighted by Gasteiger charge is 2.14. The predicted molar refractivity (Wildman–Crippen MR) is 72.1 cm³/mol. The maximum Gasteiger partial charge on any atom is 0.338 e. The minimum atomic E-state index is -0.362. The summed E-state index contributed by atoms with van der Waals surface area (Å²) in [6.07, 6.45) is 0. The Labute approximate surface area is 116 Å². The minimum absolute atomic E-state index is 0.128. The van der Waals surface area contributed by atoms with Gasteiger partial charge in [-0.2, -0.15) is 0 Å². The lowest BCUT2D eigenvalue weighted by atomic mass is 10.2. The van der Waals surface area contributed by atoms with E-state index in [1.807, 2.05) is 0 Å². The second-order valence-electron chi connectivity index (χ2n) is 4.26. The average molecular weight is 273 g/mol. The van der Waals surface area contributed by atoms with Crippen LogP contribution in [0.15, 0.2) is 24.3 Å². The van der Waals surface area contributed by atoms with Crippen LogP contribution in [-0.4, -0.2) is 33.4 Å².